The van der Waals surface area contributed by atoms with Crippen molar-refractivity contribution in [2.75, 3.05) is 13.2 Å². The van der Waals surface area contributed by atoms with Crippen LogP contribution < -0.4 is 0 Å². The Morgan fingerprint density at radius 1 is 0.294 bits per heavy atom. The van der Waals surface area contributed by atoms with Gasteiger partial charge in [-0.1, -0.05) is 282 Å². The zero-order valence-corrected chi connectivity index (χ0v) is 45.6. The highest BCUT2D eigenvalue weighted by Gasteiger charge is 2.19. The van der Waals surface area contributed by atoms with Gasteiger partial charge in [0.1, 0.15) is 13.2 Å². The minimum atomic E-state index is -0.764. The summed E-state index contributed by atoms with van der Waals surface area (Å²) >= 11 is 0. The molecule has 0 fully saturated rings. The van der Waals surface area contributed by atoms with Crippen molar-refractivity contribution in [2.45, 2.75) is 329 Å². The summed E-state index contributed by atoms with van der Waals surface area (Å²) in [4.78, 5) is 37.9. The van der Waals surface area contributed by atoms with Gasteiger partial charge in [0.15, 0.2) is 6.10 Å². The first-order valence-electron chi connectivity index (χ1n) is 30.0. The number of hydrogen-bond donors (Lipinski definition) is 0. The Morgan fingerprint density at radius 3 is 0.824 bits per heavy atom. The molecule has 0 rings (SSSR count). The normalized spacial score (nSPS) is 12.2. The van der Waals surface area contributed by atoms with Crippen LogP contribution in [0.3, 0.4) is 0 Å². The van der Waals surface area contributed by atoms with Crippen molar-refractivity contribution in [3.8, 4) is 0 Å². The standard InChI is InChI=1S/C62H114O6/c1-4-7-10-13-16-19-21-22-23-24-25-26-27-28-29-30-31-32-33-34-35-36-37-38-39-40-41-44-46-49-52-55-61(64)67-58-59(57-66-60(63)54-51-48-45-42-18-15-12-9-6-3)68-62(65)56-53-50-47-43-20-17-14-11-8-5-2/h21-22,24-25,27-28,59H,4-20,23,26,29-58H2,1-3H3/b22-21-,25-24-,28-27-. The molecule has 0 aromatic rings. The Morgan fingerprint density at radius 2 is 0.529 bits per heavy atom. The van der Waals surface area contributed by atoms with Gasteiger partial charge in [-0.25, -0.2) is 0 Å². The summed E-state index contributed by atoms with van der Waals surface area (Å²) in [5.74, 6) is -0.855. The largest absolute Gasteiger partial charge is 0.462 e. The van der Waals surface area contributed by atoms with Crippen LogP contribution in [-0.2, 0) is 28.6 Å². The lowest BCUT2D eigenvalue weighted by Crippen LogP contribution is -2.30. The molecular weight excluding hydrogens is 841 g/mol. The average Bonchev–Trinajstić information content (AvgIpc) is 3.34. The molecule has 0 N–H and O–H groups in total. The molecule has 0 bridgehead atoms. The molecule has 0 radical (unpaired) electrons. The molecule has 68 heavy (non-hydrogen) atoms. The van der Waals surface area contributed by atoms with E-state index in [1.165, 1.54) is 212 Å². The van der Waals surface area contributed by atoms with E-state index in [0.717, 1.165) is 70.6 Å². The third-order valence-corrected chi connectivity index (χ3v) is 13.4. The van der Waals surface area contributed by atoms with Crippen LogP contribution in [0.25, 0.3) is 0 Å². The fourth-order valence-corrected chi connectivity index (χ4v) is 8.86. The molecule has 0 spiro atoms. The monoisotopic (exact) mass is 955 g/mol. The van der Waals surface area contributed by atoms with Crippen molar-refractivity contribution in [3.63, 3.8) is 0 Å². The first-order chi connectivity index (χ1) is 33.5. The summed E-state index contributed by atoms with van der Waals surface area (Å²) in [6.07, 6.45) is 68.9. The van der Waals surface area contributed by atoms with Gasteiger partial charge in [-0.05, 0) is 57.8 Å². The molecule has 6 nitrogen and oxygen atoms in total. The second-order valence-electron chi connectivity index (χ2n) is 20.3. The number of ether oxygens (including phenoxy) is 3. The first-order valence-corrected chi connectivity index (χ1v) is 30.0. The van der Waals surface area contributed by atoms with Gasteiger partial charge in [-0.2, -0.15) is 0 Å². The second-order valence-corrected chi connectivity index (χ2v) is 20.3. The molecule has 0 aliphatic rings. The fourth-order valence-electron chi connectivity index (χ4n) is 8.86. The van der Waals surface area contributed by atoms with E-state index < -0.39 is 6.10 Å². The molecule has 398 valence electrons. The molecule has 1 unspecified atom stereocenters. The van der Waals surface area contributed by atoms with Crippen molar-refractivity contribution in [2.24, 2.45) is 0 Å². The molecule has 1 atom stereocenters. The number of carbonyl (C=O) groups excluding carboxylic acids is 3. The number of carbonyl (C=O) groups is 3. The molecule has 0 heterocycles. The quantitative estimate of drug-likeness (QED) is 0.0262. The maximum Gasteiger partial charge on any atom is 0.306 e. The van der Waals surface area contributed by atoms with Gasteiger partial charge in [0, 0.05) is 19.3 Å². The van der Waals surface area contributed by atoms with Gasteiger partial charge in [0.25, 0.3) is 0 Å². The van der Waals surface area contributed by atoms with E-state index >= 15 is 0 Å². The Kier molecular flexibility index (Phi) is 55.2. The smallest absolute Gasteiger partial charge is 0.306 e. The third-order valence-electron chi connectivity index (χ3n) is 13.4. The van der Waals surface area contributed by atoms with E-state index in [1.54, 1.807) is 0 Å². The molecule has 0 aliphatic carbocycles. The Hall–Kier alpha value is -2.37. The van der Waals surface area contributed by atoms with Crippen molar-refractivity contribution >= 4 is 17.9 Å². The van der Waals surface area contributed by atoms with Crippen LogP contribution in [-0.4, -0.2) is 37.2 Å². The fraction of sp³-hybridized carbons (Fsp3) is 0.855. The minimum Gasteiger partial charge on any atom is -0.462 e. The predicted molar refractivity (Wildman–Crippen MR) is 293 cm³/mol. The van der Waals surface area contributed by atoms with Crippen LogP contribution >= 0.6 is 0 Å². The maximum absolute atomic E-state index is 12.7. The van der Waals surface area contributed by atoms with Gasteiger partial charge in [-0.15, -0.1) is 0 Å². The van der Waals surface area contributed by atoms with E-state index in [-0.39, 0.29) is 31.1 Å². The summed E-state index contributed by atoms with van der Waals surface area (Å²) < 4.78 is 16.8. The van der Waals surface area contributed by atoms with E-state index in [4.69, 9.17) is 14.2 Å². The molecule has 6 heteroatoms. The summed E-state index contributed by atoms with van der Waals surface area (Å²) in [6.45, 7) is 6.63. The van der Waals surface area contributed by atoms with Crippen LogP contribution in [0.4, 0.5) is 0 Å². The van der Waals surface area contributed by atoms with Crippen LogP contribution in [0.1, 0.15) is 323 Å². The number of esters is 3. The van der Waals surface area contributed by atoms with Gasteiger partial charge in [0.2, 0.25) is 0 Å². The molecule has 0 amide bonds. The summed E-state index contributed by atoms with van der Waals surface area (Å²) in [5, 5.41) is 0. The lowest BCUT2D eigenvalue weighted by Gasteiger charge is -2.18. The van der Waals surface area contributed by atoms with Crippen molar-refractivity contribution in [3.05, 3.63) is 36.5 Å². The van der Waals surface area contributed by atoms with Gasteiger partial charge < -0.3 is 14.2 Å². The number of unbranched alkanes of at least 4 members (excludes halogenated alkanes) is 38. The number of allylic oxidation sites excluding steroid dienone is 6. The van der Waals surface area contributed by atoms with E-state index in [9.17, 15) is 14.4 Å². The number of rotatable bonds is 55. The Balaban J connectivity index is 3.99. The lowest BCUT2D eigenvalue weighted by atomic mass is 10.0. The summed E-state index contributed by atoms with van der Waals surface area (Å²) in [6, 6.07) is 0. The summed E-state index contributed by atoms with van der Waals surface area (Å²) in [5.41, 5.74) is 0. The predicted octanol–water partition coefficient (Wildman–Crippen LogP) is 20.0. The van der Waals surface area contributed by atoms with Crippen LogP contribution in [0.5, 0.6) is 0 Å². The van der Waals surface area contributed by atoms with Gasteiger partial charge in [0.05, 0.1) is 0 Å². The molecule has 0 saturated heterocycles. The molecular formula is C62H114O6. The topological polar surface area (TPSA) is 78.9 Å². The minimum absolute atomic E-state index is 0.0666. The maximum atomic E-state index is 12.7. The van der Waals surface area contributed by atoms with E-state index in [2.05, 4.69) is 57.2 Å². The highest BCUT2D eigenvalue weighted by Crippen LogP contribution is 2.17. The first kappa shape index (κ1) is 65.6. The third kappa shape index (κ3) is 54.6. The molecule has 0 aromatic carbocycles. The van der Waals surface area contributed by atoms with E-state index in [1.807, 2.05) is 0 Å². The lowest BCUT2D eigenvalue weighted by molar-refractivity contribution is -0.167. The molecule has 0 saturated carbocycles. The SMILES string of the molecule is CCCCCCC/C=C\C/C=C\C/C=C\CCCCCCCCCCCCCCCCCCC(=O)OCC(COC(=O)CCCCCCCCCCC)OC(=O)CCCCCCCCCCCC. The van der Waals surface area contributed by atoms with Crippen molar-refractivity contribution in [1.82, 2.24) is 0 Å². The second kappa shape index (κ2) is 57.2. The average molecular weight is 956 g/mol. The number of hydrogen-bond acceptors (Lipinski definition) is 6. The van der Waals surface area contributed by atoms with Crippen LogP contribution in [0.15, 0.2) is 36.5 Å². The molecule has 0 aliphatic heterocycles. The van der Waals surface area contributed by atoms with Crippen molar-refractivity contribution in [1.29, 1.82) is 0 Å². The van der Waals surface area contributed by atoms with E-state index in [0.29, 0.717) is 19.3 Å². The van der Waals surface area contributed by atoms with Gasteiger partial charge in [-0.3, -0.25) is 14.4 Å². The zero-order valence-electron chi connectivity index (χ0n) is 45.6. The van der Waals surface area contributed by atoms with Gasteiger partial charge >= 0.3 is 17.9 Å². The van der Waals surface area contributed by atoms with Crippen molar-refractivity contribution < 1.29 is 28.6 Å². The Bertz CT molecular complexity index is 1140. The summed E-state index contributed by atoms with van der Waals surface area (Å²) in [7, 11) is 0. The molecule has 0 aromatic heterocycles. The zero-order chi connectivity index (χ0) is 49.3. The highest BCUT2D eigenvalue weighted by atomic mass is 16.6. The van der Waals surface area contributed by atoms with Crippen LogP contribution in [0.2, 0.25) is 0 Å². The van der Waals surface area contributed by atoms with Crippen LogP contribution in [0, 0.1) is 0 Å². The highest BCUT2D eigenvalue weighted by molar-refractivity contribution is 5.71. The Labute approximate surface area is 423 Å².